The first-order valence-electron chi connectivity index (χ1n) is 7.93. The Morgan fingerprint density at radius 2 is 2.13 bits per heavy atom. The maximum absolute atomic E-state index is 12.5. The zero-order chi connectivity index (χ0) is 16.6. The summed E-state index contributed by atoms with van der Waals surface area (Å²) in [5.74, 6) is 0.778. The largest absolute Gasteiger partial charge is 0.490 e. The molecule has 6 nitrogen and oxygen atoms in total. The molecule has 1 aromatic carbocycles. The van der Waals surface area contributed by atoms with Gasteiger partial charge in [-0.05, 0) is 24.1 Å². The number of fused-ring (bicyclic) bond motifs is 1. The Bertz CT molecular complexity index is 590. The Morgan fingerprint density at radius 3 is 2.91 bits per heavy atom. The van der Waals surface area contributed by atoms with Gasteiger partial charge in [0.25, 0.3) is 0 Å². The average molecular weight is 321 g/mol. The minimum Gasteiger partial charge on any atom is -0.490 e. The summed E-state index contributed by atoms with van der Waals surface area (Å²) in [6.07, 6.45) is -0.657. The van der Waals surface area contributed by atoms with Crippen LogP contribution in [0.3, 0.4) is 0 Å². The fraction of sp³-hybridized carbons (Fsp3) is 0.588. The van der Waals surface area contributed by atoms with Gasteiger partial charge in [0.2, 0.25) is 5.91 Å². The first-order valence-corrected chi connectivity index (χ1v) is 7.93. The first-order chi connectivity index (χ1) is 11.0. The number of hydrogen-bond acceptors (Lipinski definition) is 5. The van der Waals surface area contributed by atoms with Crippen LogP contribution in [0, 0.1) is 0 Å². The highest BCUT2D eigenvalue weighted by molar-refractivity contribution is 5.79. The van der Waals surface area contributed by atoms with Gasteiger partial charge in [-0.3, -0.25) is 4.79 Å². The lowest BCUT2D eigenvalue weighted by molar-refractivity contribution is -0.152. The standard InChI is InChI=1S/C17H23NO5/c1-10-5-12-6-11(3-4-15(12)23-10)7-16(20)18(2)13-8-22-9-14(19)17(13)21/h3-4,6,10,13-14,17,19,21H,5,7-9H2,1-2H3/t10-,13-,14-,17+/m1/s1. The van der Waals surface area contributed by atoms with E-state index < -0.39 is 18.2 Å². The average Bonchev–Trinajstić information content (AvgIpc) is 2.88. The number of hydrogen-bond donors (Lipinski definition) is 2. The highest BCUT2D eigenvalue weighted by Crippen LogP contribution is 2.29. The number of nitrogens with zero attached hydrogens (tertiary/aromatic N) is 1. The lowest BCUT2D eigenvalue weighted by Crippen LogP contribution is -2.56. The first kappa shape index (κ1) is 16.2. The van der Waals surface area contributed by atoms with Gasteiger partial charge in [-0.15, -0.1) is 0 Å². The van der Waals surface area contributed by atoms with Crippen molar-refractivity contribution in [2.24, 2.45) is 0 Å². The lowest BCUT2D eigenvalue weighted by atomic mass is 10.0. The molecule has 0 aliphatic carbocycles. The van der Waals surface area contributed by atoms with E-state index in [4.69, 9.17) is 9.47 Å². The molecule has 126 valence electrons. The van der Waals surface area contributed by atoms with E-state index in [2.05, 4.69) is 0 Å². The Morgan fingerprint density at radius 1 is 1.35 bits per heavy atom. The second kappa shape index (κ2) is 6.47. The van der Waals surface area contributed by atoms with Gasteiger partial charge < -0.3 is 24.6 Å². The zero-order valence-electron chi connectivity index (χ0n) is 13.4. The minimum atomic E-state index is -0.980. The molecule has 0 aromatic heterocycles. The van der Waals surface area contributed by atoms with Gasteiger partial charge in [-0.2, -0.15) is 0 Å². The second-order valence-electron chi connectivity index (χ2n) is 6.42. The predicted molar refractivity (Wildman–Crippen MR) is 83.3 cm³/mol. The normalized spacial score (nSPS) is 29.7. The fourth-order valence-corrected chi connectivity index (χ4v) is 3.17. The van der Waals surface area contributed by atoms with Crippen molar-refractivity contribution in [1.82, 2.24) is 4.90 Å². The topological polar surface area (TPSA) is 79.2 Å². The molecule has 2 aliphatic heterocycles. The van der Waals surface area contributed by atoms with E-state index in [1.54, 1.807) is 7.05 Å². The molecule has 1 saturated heterocycles. The number of aliphatic hydroxyl groups is 2. The van der Waals surface area contributed by atoms with Crippen LogP contribution in [0.4, 0.5) is 0 Å². The number of ether oxygens (including phenoxy) is 2. The van der Waals surface area contributed by atoms with E-state index in [1.165, 1.54) is 4.90 Å². The number of aliphatic hydroxyl groups excluding tert-OH is 2. The van der Waals surface area contributed by atoms with Crippen LogP contribution in [-0.4, -0.2) is 65.6 Å². The number of likely N-dealkylation sites (N-methyl/N-ethyl adjacent to an activating group) is 1. The van der Waals surface area contributed by atoms with Gasteiger partial charge in [-0.25, -0.2) is 0 Å². The van der Waals surface area contributed by atoms with Crippen molar-refractivity contribution in [3.8, 4) is 5.75 Å². The zero-order valence-corrected chi connectivity index (χ0v) is 13.4. The molecule has 2 aliphatic rings. The highest BCUT2D eigenvalue weighted by Gasteiger charge is 2.35. The van der Waals surface area contributed by atoms with Crippen LogP contribution in [0.1, 0.15) is 18.1 Å². The highest BCUT2D eigenvalue weighted by atomic mass is 16.5. The Hall–Kier alpha value is -1.63. The summed E-state index contributed by atoms with van der Waals surface area (Å²) in [5.41, 5.74) is 2.05. The number of carbonyl (C=O) groups excluding carboxylic acids is 1. The Kier molecular flexibility index (Phi) is 4.57. The van der Waals surface area contributed by atoms with E-state index in [0.29, 0.717) is 0 Å². The molecule has 6 heteroatoms. The van der Waals surface area contributed by atoms with Gasteiger partial charge in [0.15, 0.2) is 0 Å². The molecule has 4 atom stereocenters. The molecule has 1 fully saturated rings. The van der Waals surface area contributed by atoms with Gasteiger partial charge in [0.05, 0.1) is 25.7 Å². The van der Waals surface area contributed by atoms with Crippen LogP contribution in [0.25, 0.3) is 0 Å². The molecule has 0 spiro atoms. The molecule has 2 N–H and O–H groups in total. The van der Waals surface area contributed by atoms with Gasteiger partial charge in [0.1, 0.15) is 24.1 Å². The number of carbonyl (C=O) groups is 1. The van der Waals surface area contributed by atoms with Crippen LogP contribution in [0.5, 0.6) is 5.75 Å². The molecule has 0 radical (unpaired) electrons. The Labute approximate surface area is 135 Å². The van der Waals surface area contributed by atoms with Crippen molar-refractivity contribution >= 4 is 5.91 Å². The molecule has 0 bridgehead atoms. The quantitative estimate of drug-likeness (QED) is 0.827. The van der Waals surface area contributed by atoms with Gasteiger partial charge >= 0.3 is 0 Å². The number of rotatable bonds is 3. The maximum atomic E-state index is 12.5. The molecule has 1 amide bonds. The van der Waals surface area contributed by atoms with Crippen LogP contribution in [0.15, 0.2) is 18.2 Å². The number of benzene rings is 1. The lowest BCUT2D eigenvalue weighted by Gasteiger charge is -2.37. The molecule has 3 rings (SSSR count). The SMILES string of the molecule is C[C@@H]1Cc2cc(CC(=O)N(C)[C@@H]3COC[C@@H](O)[C@H]3O)ccc2O1. The molecule has 23 heavy (non-hydrogen) atoms. The summed E-state index contributed by atoms with van der Waals surface area (Å²) in [7, 11) is 1.64. The van der Waals surface area contributed by atoms with Crippen molar-refractivity contribution in [1.29, 1.82) is 0 Å². The second-order valence-corrected chi connectivity index (χ2v) is 6.42. The molecular formula is C17H23NO5. The van der Waals surface area contributed by atoms with Crippen molar-refractivity contribution in [3.05, 3.63) is 29.3 Å². The molecule has 0 unspecified atom stereocenters. The van der Waals surface area contributed by atoms with Crippen molar-refractivity contribution in [2.75, 3.05) is 20.3 Å². The Balaban J connectivity index is 1.66. The van der Waals surface area contributed by atoms with Crippen molar-refractivity contribution < 1.29 is 24.5 Å². The van der Waals surface area contributed by atoms with Crippen LogP contribution < -0.4 is 4.74 Å². The van der Waals surface area contributed by atoms with Crippen molar-refractivity contribution in [2.45, 2.75) is 44.1 Å². The van der Waals surface area contributed by atoms with E-state index in [1.807, 2.05) is 25.1 Å². The van der Waals surface area contributed by atoms with E-state index in [0.717, 1.165) is 23.3 Å². The third-order valence-electron chi connectivity index (χ3n) is 4.57. The van der Waals surface area contributed by atoms with Crippen molar-refractivity contribution in [3.63, 3.8) is 0 Å². The maximum Gasteiger partial charge on any atom is 0.227 e. The summed E-state index contributed by atoms with van der Waals surface area (Å²) in [6.45, 7) is 2.35. The molecular weight excluding hydrogens is 298 g/mol. The third kappa shape index (κ3) is 3.34. The summed E-state index contributed by atoms with van der Waals surface area (Å²) in [5, 5.41) is 19.7. The van der Waals surface area contributed by atoms with E-state index in [9.17, 15) is 15.0 Å². The van der Waals surface area contributed by atoms with E-state index >= 15 is 0 Å². The van der Waals surface area contributed by atoms with Gasteiger partial charge in [0, 0.05) is 13.5 Å². The van der Waals surface area contributed by atoms with Crippen LogP contribution >= 0.6 is 0 Å². The summed E-state index contributed by atoms with van der Waals surface area (Å²) in [4.78, 5) is 13.9. The number of amides is 1. The fourth-order valence-electron chi connectivity index (χ4n) is 3.17. The molecule has 2 heterocycles. The minimum absolute atomic E-state index is 0.0999. The third-order valence-corrected chi connectivity index (χ3v) is 4.57. The summed E-state index contributed by atoms with van der Waals surface area (Å²) in [6, 6.07) is 5.28. The smallest absolute Gasteiger partial charge is 0.227 e. The predicted octanol–water partition coefficient (Wildman–Crippen LogP) is 0.132. The van der Waals surface area contributed by atoms with E-state index in [-0.39, 0.29) is 31.6 Å². The molecule has 1 aromatic rings. The van der Waals surface area contributed by atoms with Crippen LogP contribution in [0.2, 0.25) is 0 Å². The van der Waals surface area contributed by atoms with Gasteiger partial charge in [-0.1, -0.05) is 12.1 Å². The van der Waals surface area contributed by atoms with Crippen LogP contribution in [-0.2, 0) is 22.4 Å². The molecule has 0 saturated carbocycles. The summed E-state index contributed by atoms with van der Waals surface area (Å²) < 4.78 is 10.9. The monoisotopic (exact) mass is 321 g/mol. The summed E-state index contributed by atoms with van der Waals surface area (Å²) >= 11 is 0.